The predicted octanol–water partition coefficient (Wildman–Crippen LogP) is 5.20. The molecule has 164 valence electrons. The lowest BCUT2D eigenvalue weighted by Crippen LogP contribution is -2.37. The number of rotatable bonds is 5. The number of allylic oxidation sites excluding steroid dienone is 1. The van der Waals surface area contributed by atoms with Crippen molar-refractivity contribution in [1.29, 1.82) is 0 Å². The summed E-state index contributed by atoms with van der Waals surface area (Å²) in [4.78, 5) is 25.7. The summed E-state index contributed by atoms with van der Waals surface area (Å²) in [7, 11) is 0. The fourth-order valence-corrected chi connectivity index (χ4v) is 3.66. The van der Waals surface area contributed by atoms with Gasteiger partial charge in [0.1, 0.15) is 0 Å². The van der Waals surface area contributed by atoms with Gasteiger partial charge < -0.3 is 10.2 Å². The SMILES string of the molecule is CC1C=Cc2ccccc2N(C(=O)CCCCNC(=O)C(F)(F)F)Cc2ccccc21. The summed E-state index contributed by atoms with van der Waals surface area (Å²) in [5, 5.41) is 1.84. The first-order valence-corrected chi connectivity index (χ1v) is 10.3. The van der Waals surface area contributed by atoms with E-state index < -0.39 is 12.1 Å². The second-order valence-electron chi connectivity index (χ2n) is 7.60. The standard InChI is InChI=1S/C24H25F3N2O2/c1-17-13-14-18-8-3-5-11-21(18)29(16-19-9-2-4-10-20(17)19)22(30)12-6-7-15-28-23(31)24(25,26)27/h2-5,8-11,13-14,17H,6-7,12,15-16H2,1H3,(H,28,31). The molecule has 1 atom stereocenters. The zero-order valence-electron chi connectivity index (χ0n) is 17.3. The summed E-state index contributed by atoms with van der Waals surface area (Å²) in [6.07, 6.45) is 0.0996. The van der Waals surface area contributed by atoms with Crippen molar-refractivity contribution in [3.63, 3.8) is 0 Å². The molecule has 3 rings (SSSR count). The lowest BCUT2D eigenvalue weighted by Gasteiger charge is -2.26. The van der Waals surface area contributed by atoms with Crippen LogP contribution in [0.15, 0.2) is 54.6 Å². The van der Waals surface area contributed by atoms with Crippen LogP contribution in [0.1, 0.15) is 48.8 Å². The average Bonchev–Trinajstić information content (AvgIpc) is 2.80. The van der Waals surface area contributed by atoms with Crippen LogP contribution in [-0.2, 0) is 16.1 Å². The molecule has 0 radical (unpaired) electrons. The van der Waals surface area contributed by atoms with Crippen LogP contribution in [0.2, 0.25) is 0 Å². The number of nitrogens with zero attached hydrogens (tertiary/aromatic N) is 1. The maximum atomic E-state index is 13.1. The van der Waals surface area contributed by atoms with Crippen LogP contribution in [0.5, 0.6) is 0 Å². The topological polar surface area (TPSA) is 49.4 Å². The number of anilines is 1. The van der Waals surface area contributed by atoms with E-state index in [-0.39, 0.29) is 31.2 Å². The fourth-order valence-electron chi connectivity index (χ4n) is 3.66. The van der Waals surface area contributed by atoms with Gasteiger partial charge >= 0.3 is 12.1 Å². The first-order valence-electron chi connectivity index (χ1n) is 10.3. The van der Waals surface area contributed by atoms with Crippen LogP contribution >= 0.6 is 0 Å². The van der Waals surface area contributed by atoms with Gasteiger partial charge in [-0.15, -0.1) is 0 Å². The third-order valence-corrected chi connectivity index (χ3v) is 5.33. The van der Waals surface area contributed by atoms with Gasteiger partial charge in [-0.3, -0.25) is 9.59 Å². The molecule has 0 aliphatic carbocycles. The second-order valence-corrected chi connectivity index (χ2v) is 7.60. The number of fused-ring (bicyclic) bond motifs is 2. The molecule has 0 spiro atoms. The van der Waals surface area contributed by atoms with Crippen molar-refractivity contribution in [2.75, 3.05) is 11.4 Å². The van der Waals surface area contributed by atoms with Gasteiger partial charge in [-0.1, -0.05) is 61.5 Å². The van der Waals surface area contributed by atoms with E-state index in [4.69, 9.17) is 0 Å². The lowest BCUT2D eigenvalue weighted by atomic mass is 9.95. The van der Waals surface area contributed by atoms with Crippen molar-refractivity contribution in [2.45, 2.75) is 44.8 Å². The number of carbonyl (C=O) groups excluding carboxylic acids is 2. The molecule has 0 saturated carbocycles. The van der Waals surface area contributed by atoms with Gasteiger partial charge in [0.2, 0.25) is 5.91 Å². The van der Waals surface area contributed by atoms with Crippen molar-refractivity contribution in [3.05, 3.63) is 71.3 Å². The van der Waals surface area contributed by atoms with E-state index >= 15 is 0 Å². The summed E-state index contributed by atoms with van der Waals surface area (Å²) < 4.78 is 36.7. The first-order chi connectivity index (χ1) is 14.8. The maximum absolute atomic E-state index is 13.1. The molecule has 2 aromatic rings. The molecule has 7 heteroatoms. The van der Waals surface area contributed by atoms with E-state index in [1.54, 1.807) is 4.90 Å². The van der Waals surface area contributed by atoms with Gasteiger partial charge in [0.25, 0.3) is 0 Å². The quantitative estimate of drug-likeness (QED) is 0.663. The Labute approximate surface area is 179 Å². The van der Waals surface area contributed by atoms with E-state index in [0.29, 0.717) is 13.0 Å². The Balaban J connectivity index is 1.73. The monoisotopic (exact) mass is 430 g/mol. The highest BCUT2D eigenvalue weighted by Gasteiger charge is 2.38. The molecule has 1 N–H and O–H groups in total. The molecule has 1 heterocycles. The molecule has 1 aliphatic rings. The van der Waals surface area contributed by atoms with Crippen LogP contribution in [0, 0.1) is 0 Å². The Kier molecular flexibility index (Phi) is 7.15. The van der Waals surface area contributed by atoms with Crippen molar-refractivity contribution in [2.24, 2.45) is 0 Å². The number of benzene rings is 2. The van der Waals surface area contributed by atoms with Gasteiger partial charge in [-0.25, -0.2) is 0 Å². The lowest BCUT2D eigenvalue weighted by molar-refractivity contribution is -0.173. The van der Waals surface area contributed by atoms with Crippen LogP contribution < -0.4 is 10.2 Å². The maximum Gasteiger partial charge on any atom is 0.471 e. The number of alkyl halides is 3. The Morgan fingerprint density at radius 3 is 2.55 bits per heavy atom. The minimum atomic E-state index is -4.89. The van der Waals surface area contributed by atoms with E-state index in [1.165, 1.54) is 0 Å². The predicted molar refractivity (Wildman–Crippen MR) is 114 cm³/mol. The van der Waals surface area contributed by atoms with E-state index in [1.807, 2.05) is 53.9 Å². The molecule has 0 saturated heterocycles. The number of hydrogen-bond acceptors (Lipinski definition) is 2. The number of carbonyl (C=O) groups is 2. The highest BCUT2D eigenvalue weighted by atomic mass is 19.4. The van der Waals surface area contributed by atoms with Crippen molar-refractivity contribution >= 4 is 23.6 Å². The second kappa shape index (κ2) is 9.81. The molecule has 1 unspecified atom stereocenters. The number of amides is 2. The number of halogens is 3. The van der Waals surface area contributed by atoms with Gasteiger partial charge in [-0.05, 0) is 41.5 Å². The van der Waals surface area contributed by atoms with Gasteiger partial charge in [-0.2, -0.15) is 13.2 Å². The summed E-state index contributed by atoms with van der Waals surface area (Å²) in [5.41, 5.74) is 3.95. The molecule has 0 aromatic heterocycles. The first kappa shape index (κ1) is 22.6. The summed E-state index contributed by atoms with van der Waals surface area (Å²) in [5.74, 6) is -1.87. The summed E-state index contributed by atoms with van der Waals surface area (Å²) >= 11 is 0. The van der Waals surface area contributed by atoms with E-state index in [9.17, 15) is 22.8 Å². The number of para-hydroxylation sites is 1. The van der Waals surface area contributed by atoms with Crippen molar-refractivity contribution in [1.82, 2.24) is 5.32 Å². The van der Waals surface area contributed by atoms with E-state index in [0.717, 1.165) is 22.4 Å². The van der Waals surface area contributed by atoms with E-state index in [2.05, 4.69) is 19.1 Å². The highest BCUT2D eigenvalue weighted by molar-refractivity contribution is 5.95. The number of unbranched alkanes of at least 4 members (excludes halogenated alkanes) is 1. The van der Waals surface area contributed by atoms with Crippen LogP contribution in [0.4, 0.5) is 18.9 Å². The molecule has 0 bridgehead atoms. The van der Waals surface area contributed by atoms with Gasteiger partial charge in [0, 0.05) is 13.0 Å². The zero-order valence-corrected chi connectivity index (χ0v) is 17.3. The molecule has 4 nitrogen and oxygen atoms in total. The van der Waals surface area contributed by atoms with Crippen LogP contribution in [0.25, 0.3) is 6.08 Å². The Morgan fingerprint density at radius 1 is 1.06 bits per heavy atom. The summed E-state index contributed by atoms with van der Waals surface area (Å²) in [6, 6.07) is 15.7. The Morgan fingerprint density at radius 2 is 1.77 bits per heavy atom. The Hall–Kier alpha value is -3.09. The van der Waals surface area contributed by atoms with Gasteiger partial charge in [0.15, 0.2) is 0 Å². The third-order valence-electron chi connectivity index (χ3n) is 5.33. The zero-order chi connectivity index (χ0) is 22.4. The highest BCUT2D eigenvalue weighted by Crippen LogP contribution is 2.31. The minimum absolute atomic E-state index is 0.104. The van der Waals surface area contributed by atoms with Crippen molar-refractivity contribution in [3.8, 4) is 0 Å². The van der Waals surface area contributed by atoms with Gasteiger partial charge in [0.05, 0.1) is 12.2 Å². The Bertz CT molecular complexity index is 969. The average molecular weight is 430 g/mol. The summed E-state index contributed by atoms with van der Waals surface area (Å²) in [6.45, 7) is 2.42. The van der Waals surface area contributed by atoms with Crippen LogP contribution in [-0.4, -0.2) is 24.5 Å². The third kappa shape index (κ3) is 5.75. The molecule has 0 fully saturated rings. The number of hydrogen-bond donors (Lipinski definition) is 1. The smallest absolute Gasteiger partial charge is 0.348 e. The molecular weight excluding hydrogens is 405 g/mol. The molecule has 1 aliphatic heterocycles. The largest absolute Gasteiger partial charge is 0.471 e. The molecule has 2 aromatic carbocycles. The molecule has 2 amide bonds. The fraction of sp³-hybridized carbons (Fsp3) is 0.333. The van der Waals surface area contributed by atoms with Crippen molar-refractivity contribution < 1.29 is 22.8 Å². The normalized spacial score (nSPS) is 15.9. The molecule has 31 heavy (non-hydrogen) atoms. The molecular formula is C24H25F3N2O2. The minimum Gasteiger partial charge on any atom is -0.348 e. The number of nitrogens with one attached hydrogen (secondary N) is 1. The van der Waals surface area contributed by atoms with Crippen LogP contribution in [0.3, 0.4) is 0 Å².